The maximum Gasteiger partial charge on any atom is 0.295 e. The highest BCUT2D eigenvalue weighted by Crippen LogP contribution is 2.18. The Bertz CT molecular complexity index is 1020. The van der Waals surface area contributed by atoms with Crippen LogP contribution in [0, 0.1) is 6.92 Å². The van der Waals surface area contributed by atoms with Crippen LogP contribution in [-0.2, 0) is 11.3 Å². The molecule has 0 aliphatic carbocycles. The lowest BCUT2D eigenvalue weighted by Gasteiger charge is -2.29. The molecule has 0 bridgehead atoms. The van der Waals surface area contributed by atoms with Gasteiger partial charge in [-0.15, -0.1) is 0 Å². The number of rotatable bonds is 7. The van der Waals surface area contributed by atoms with Gasteiger partial charge in [0.05, 0.1) is 6.21 Å². The van der Waals surface area contributed by atoms with Crippen molar-refractivity contribution in [1.82, 2.24) is 5.43 Å². The Hall–Kier alpha value is -3.28. The highest BCUT2D eigenvalue weighted by molar-refractivity contribution is 5.83. The minimum Gasteiger partial charge on any atom is -0.322 e. The van der Waals surface area contributed by atoms with Crippen molar-refractivity contribution < 1.29 is 14.6 Å². The molecule has 3 N–H and O–H groups in total. The van der Waals surface area contributed by atoms with Crippen LogP contribution in [0.5, 0.6) is 0 Å². The number of hydrogen-bond donors (Lipinski definition) is 3. The minimum atomic E-state index is -0.0286. The van der Waals surface area contributed by atoms with Gasteiger partial charge in [-0.3, -0.25) is 4.79 Å². The van der Waals surface area contributed by atoms with Crippen LogP contribution < -0.4 is 15.2 Å². The molecule has 1 saturated heterocycles. The summed E-state index contributed by atoms with van der Waals surface area (Å²) in [5, 5.41) is 4.14. The molecule has 1 heterocycles. The molecule has 0 aromatic heterocycles. The monoisotopic (exact) mass is 428 g/mol. The van der Waals surface area contributed by atoms with E-state index < -0.39 is 0 Å². The van der Waals surface area contributed by atoms with E-state index in [-0.39, 0.29) is 5.91 Å². The van der Waals surface area contributed by atoms with Crippen molar-refractivity contribution in [1.29, 1.82) is 0 Å². The zero-order valence-corrected chi connectivity index (χ0v) is 18.7. The zero-order valence-electron chi connectivity index (χ0n) is 18.7. The normalized spacial score (nSPS) is 18.5. The Balaban J connectivity index is 1.18. The number of aryl methyl sites for hydroxylation is 1. The second-order valence-electron chi connectivity index (χ2n) is 8.62. The van der Waals surface area contributed by atoms with Gasteiger partial charge in [0.2, 0.25) is 0 Å². The summed E-state index contributed by atoms with van der Waals surface area (Å²) in [6.45, 7) is 7.87. The Morgan fingerprint density at radius 3 is 2.16 bits per heavy atom. The van der Waals surface area contributed by atoms with Gasteiger partial charge in [0, 0.05) is 5.56 Å². The first-order chi connectivity index (χ1) is 15.7. The van der Waals surface area contributed by atoms with Gasteiger partial charge in [-0.1, -0.05) is 84.4 Å². The number of carbonyl (C=O) groups excluding carboxylic acids is 1. The maximum atomic E-state index is 12.3. The first-order valence-electron chi connectivity index (χ1n) is 11.4. The summed E-state index contributed by atoms with van der Waals surface area (Å²) in [5.74, 6) is -0.0286. The number of nitrogens with zero attached hydrogens (tertiary/aromatic N) is 1. The van der Waals surface area contributed by atoms with Crippen LogP contribution >= 0.6 is 0 Å². The molecule has 3 aromatic rings. The Morgan fingerprint density at radius 2 is 1.47 bits per heavy atom. The first-order valence-corrected chi connectivity index (χ1v) is 11.4. The average Bonchev–Trinajstić information content (AvgIpc) is 2.83. The van der Waals surface area contributed by atoms with Gasteiger partial charge in [0.15, 0.2) is 6.54 Å². The van der Waals surface area contributed by atoms with E-state index >= 15 is 0 Å². The van der Waals surface area contributed by atoms with Crippen LogP contribution in [0.2, 0.25) is 0 Å². The summed E-state index contributed by atoms with van der Waals surface area (Å²) >= 11 is 0. The second-order valence-corrected chi connectivity index (χ2v) is 8.62. The molecular formula is C27H32N4O+2. The lowest BCUT2D eigenvalue weighted by Crippen LogP contribution is -3.28. The largest absolute Gasteiger partial charge is 0.322 e. The molecule has 0 radical (unpaired) electrons. The molecule has 0 spiro atoms. The van der Waals surface area contributed by atoms with Crippen molar-refractivity contribution in [2.24, 2.45) is 5.10 Å². The third-order valence-corrected chi connectivity index (χ3v) is 6.07. The molecule has 0 unspecified atom stereocenters. The molecule has 0 saturated carbocycles. The summed E-state index contributed by atoms with van der Waals surface area (Å²) in [4.78, 5) is 15.2. The van der Waals surface area contributed by atoms with Crippen molar-refractivity contribution in [3.63, 3.8) is 0 Å². The Labute approximate surface area is 190 Å². The number of piperazine rings is 1. The maximum absolute atomic E-state index is 12.3. The van der Waals surface area contributed by atoms with Crippen LogP contribution in [0.15, 0.2) is 84.0 Å². The molecule has 1 fully saturated rings. The molecule has 3 aromatic carbocycles. The van der Waals surface area contributed by atoms with Crippen LogP contribution in [0.4, 0.5) is 0 Å². The van der Waals surface area contributed by atoms with Crippen LogP contribution in [-0.4, -0.2) is 44.8 Å². The molecule has 5 heteroatoms. The molecule has 4 rings (SSSR count). The molecule has 1 amide bonds. The fourth-order valence-electron chi connectivity index (χ4n) is 4.14. The SMILES string of the molecule is Cc1ccc(C[NH+]2CC[NH+](CC(=O)N/N=C\c3ccc(-c4ccccc4)cc3)CC2)cc1. The number of benzene rings is 3. The molecule has 5 nitrogen and oxygen atoms in total. The van der Waals surface area contributed by atoms with E-state index in [4.69, 9.17) is 0 Å². The van der Waals surface area contributed by atoms with E-state index in [2.05, 4.69) is 66.0 Å². The van der Waals surface area contributed by atoms with Gasteiger partial charge in [-0.05, 0) is 23.6 Å². The molecule has 1 aliphatic rings. The van der Waals surface area contributed by atoms with Crippen LogP contribution in [0.1, 0.15) is 16.7 Å². The van der Waals surface area contributed by atoms with Gasteiger partial charge >= 0.3 is 0 Å². The highest BCUT2D eigenvalue weighted by Gasteiger charge is 2.24. The molecular weight excluding hydrogens is 396 g/mol. The smallest absolute Gasteiger partial charge is 0.295 e. The van der Waals surface area contributed by atoms with Gasteiger partial charge in [-0.25, -0.2) is 5.43 Å². The van der Waals surface area contributed by atoms with Crippen LogP contribution in [0.3, 0.4) is 0 Å². The Morgan fingerprint density at radius 1 is 0.844 bits per heavy atom. The molecule has 1 aliphatic heterocycles. The van der Waals surface area contributed by atoms with E-state index in [1.54, 1.807) is 11.1 Å². The van der Waals surface area contributed by atoms with Crippen LogP contribution in [0.25, 0.3) is 11.1 Å². The quantitative estimate of drug-likeness (QED) is 0.383. The fourth-order valence-corrected chi connectivity index (χ4v) is 4.14. The van der Waals surface area contributed by atoms with Gasteiger partial charge in [0.1, 0.15) is 32.7 Å². The second kappa shape index (κ2) is 10.8. The Kier molecular flexibility index (Phi) is 7.43. The van der Waals surface area contributed by atoms with Gasteiger partial charge < -0.3 is 9.80 Å². The van der Waals surface area contributed by atoms with Crippen molar-refractivity contribution in [3.8, 4) is 11.1 Å². The van der Waals surface area contributed by atoms with Gasteiger partial charge in [0.25, 0.3) is 5.91 Å². The third-order valence-electron chi connectivity index (χ3n) is 6.07. The molecule has 32 heavy (non-hydrogen) atoms. The number of hydrazone groups is 1. The predicted molar refractivity (Wildman–Crippen MR) is 129 cm³/mol. The summed E-state index contributed by atoms with van der Waals surface area (Å²) in [6.07, 6.45) is 1.70. The van der Waals surface area contributed by atoms with Crippen molar-refractivity contribution in [2.75, 3.05) is 32.7 Å². The van der Waals surface area contributed by atoms with Crippen molar-refractivity contribution in [2.45, 2.75) is 13.5 Å². The van der Waals surface area contributed by atoms with E-state index in [1.165, 1.54) is 27.2 Å². The van der Waals surface area contributed by atoms with Crippen molar-refractivity contribution in [3.05, 3.63) is 95.6 Å². The van der Waals surface area contributed by atoms with E-state index in [9.17, 15) is 4.79 Å². The van der Waals surface area contributed by atoms with E-state index in [0.717, 1.165) is 38.3 Å². The predicted octanol–water partition coefficient (Wildman–Crippen LogP) is 1.10. The topological polar surface area (TPSA) is 50.3 Å². The number of carbonyl (C=O) groups is 1. The van der Waals surface area contributed by atoms with E-state index in [0.29, 0.717) is 6.54 Å². The lowest BCUT2D eigenvalue weighted by molar-refractivity contribution is -1.02. The molecule has 164 valence electrons. The fraction of sp³-hybridized carbons (Fsp3) is 0.259. The first kappa shape index (κ1) is 21.9. The number of nitrogens with one attached hydrogen (secondary N) is 3. The standard InChI is InChI=1S/C27H30N4O/c1-22-7-9-24(10-8-22)20-30-15-17-31(18-16-30)21-27(32)29-28-19-23-11-13-26(14-12-23)25-5-3-2-4-6-25/h2-14,19H,15-18,20-21H2,1H3,(H,29,32)/p+2/b28-19-. The van der Waals surface area contributed by atoms with Gasteiger partial charge in [-0.2, -0.15) is 5.10 Å². The number of quaternary nitrogens is 2. The summed E-state index contributed by atoms with van der Waals surface area (Å²) in [5.41, 5.74) is 8.69. The van der Waals surface area contributed by atoms with Crippen molar-refractivity contribution >= 4 is 12.1 Å². The average molecular weight is 429 g/mol. The summed E-state index contributed by atoms with van der Waals surface area (Å²) < 4.78 is 0. The summed E-state index contributed by atoms with van der Waals surface area (Å²) in [6, 6.07) is 27.2. The molecule has 0 atom stereocenters. The number of hydrogen-bond acceptors (Lipinski definition) is 2. The van der Waals surface area contributed by atoms with E-state index in [1.807, 2.05) is 30.3 Å². The lowest BCUT2D eigenvalue weighted by atomic mass is 10.0. The highest BCUT2D eigenvalue weighted by atomic mass is 16.2. The number of amides is 1. The zero-order chi connectivity index (χ0) is 22.2. The summed E-state index contributed by atoms with van der Waals surface area (Å²) in [7, 11) is 0. The third kappa shape index (κ3) is 6.36. The minimum absolute atomic E-state index is 0.0286.